The highest BCUT2D eigenvalue weighted by Crippen LogP contribution is 2.26. The standard InChI is InChI=1S/C9H17F/c1-8(10)9-6-4-2-3-5-7-9/h8-9H,2-7H2,1H3. The maximum Gasteiger partial charge on any atom is 0.100 e. The minimum Gasteiger partial charge on any atom is -0.247 e. The summed E-state index contributed by atoms with van der Waals surface area (Å²) in [4.78, 5) is 0. The van der Waals surface area contributed by atoms with Crippen molar-refractivity contribution in [1.29, 1.82) is 0 Å². The van der Waals surface area contributed by atoms with Gasteiger partial charge in [0.25, 0.3) is 0 Å². The first-order chi connectivity index (χ1) is 4.80. The van der Waals surface area contributed by atoms with Crippen molar-refractivity contribution < 1.29 is 4.39 Å². The van der Waals surface area contributed by atoms with Crippen LogP contribution in [0.5, 0.6) is 0 Å². The average molecular weight is 144 g/mol. The lowest BCUT2D eigenvalue weighted by molar-refractivity contribution is 0.228. The molecule has 1 fully saturated rings. The summed E-state index contributed by atoms with van der Waals surface area (Å²) in [5.74, 6) is 0.377. The highest BCUT2D eigenvalue weighted by atomic mass is 19.1. The van der Waals surface area contributed by atoms with E-state index in [9.17, 15) is 4.39 Å². The molecule has 0 bridgehead atoms. The molecule has 10 heavy (non-hydrogen) atoms. The molecule has 60 valence electrons. The van der Waals surface area contributed by atoms with Crippen molar-refractivity contribution >= 4 is 0 Å². The summed E-state index contributed by atoms with van der Waals surface area (Å²) in [5, 5.41) is 0. The third kappa shape index (κ3) is 2.28. The largest absolute Gasteiger partial charge is 0.247 e. The first-order valence-electron chi connectivity index (χ1n) is 4.45. The summed E-state index contributed by atoms with van der Waals surface area (Å²) < 4.78 is 12.8. The molecule has 1 rings (SSSR count). The Morgan fingerprint density at radius 1 is 1.10 bits per heavy atom. The van der Waals surface area contributed by atoms with Gasteiger partial charge in [-0.25, -0.2) is 4.39 Å². The summed E-state index contributed by atoms with van der Waals surface area (Å²) in [6, 6.07) is 0. The van der Waals surface area contributed by atoms with E-state index in [0.29, 0.717) is 5.92 Å². The lowest BCUT2D eigenvalue weighted by atomic mass is 9.96. The number of alkyl halides is 1. The lowest BCUT2D eigenvalue weighted by Gasteiger charge is -2.14. The summed E-state index contributed by atoms with van der Waals surface area (Å²) in [6.07, 6.45) is 6.82. The monoisotopic (exact) mass is 144 g/mol. The predicted octanol–water partition coefficient (Wildman–Crippen LogP) is 3.31. The Morgan fingerprint density at radius 2 is 1.60 bits per heavy atom. The van der Waals surface area contributed by atoms with Crippen LogP contribution in [0.1, 0.15) is 45.4 Å². The number of hydrogen-bond donors (Lipinski definition) is 0. The van der Waals surface area contributed by atoms with Crippen molar-refractivity contribution in [3.8, 4) is 0 Å². The van der Waals surface area contributed by atoms with Crippen LogP contribution in [0.15, 0.2) is 0 Å². The zero-order valence-corrected chi connectivity index (χ0v) is 6.78. The van der Waals surface area contributed by atoms with Crippen LogP contribution in [-0.4, -0.2) is 6.17 Å². The van der Waals surface area contributed by atoms with Crippen molar-refractivity contribution in [2.24, 2.45) is 5.92 Å². The number of rotatable bonds is 1. The van der Waals surface area contributed by atoms with Gasteiger partial charge in [-0.05, 0) is 25.7 Å². The molecule has 1 heteroatoms. The predicted molar refractivity (Wildman–Crippen MR) is 41.8 cm³/mol. The normalized spacial score (nSPS) is 25.8. The zero-order valence-electron chi connectivity index (χ0n) is 6.78. The van der Waals surface area contributed by atoms with Crippen LogP contribution in [0, 0.1) is 5.92 Å². The third-order valence-electron chi connectivity index (χ3n) is 2.55. The van der Waals surface area contributed by atoms with E-state index in [1.54, 1.807) is 6.92 Å². The van der Waals surface area contributed by atoms with Gasteiger partial charge in [0.2, 0.25) is 0 Å². The maximum absolute atomic E-state index is 12.8. The lowest BCUT2D eigenvalue weighted by Crippen LogP contribution is -2.10. The van der Waals surface area contributed by atoms with Crippen LogP contribution in [-0.2, 0) is 0 Å². The van der Waals surface area contributed by atoms with E-state index in [2.05, 4.69) is 0 Å². The smallest absolute Gasteiger partial charge is 0.100 e. The van der Waals surface area contributed by atoms with Gasteiger partial charge >= 0.3 is 0 Å². The van der Waals surface area contributed by atoms with Crippen molar-refractivity contribution in [2.75, 3.05) is 0 Å². The van der Waals surface area contributed by atoms with Gasteiger partial charge in [-0.1, -0.05) is 25.7 Å². The summed E-state index contributed by atoms with van der Waals surface area (Å²) in [6.45, 7) is 1.70. The molecule has 0 amide bonds. The minimum absolute atomic E-state index is 0.377. The molecule has 0 aromatic heterocycles. The van der Waals surface area contributed by atoms with Crippen molar-refractivity contribution in [3.05, 3.63) is 0 Å². The second-order valence-corrected chi connectivity index (χ2v) is 3.43. The highest BCUT2D eigenvalue weighted by Gasteiger charge is 2.17. The first-order valence-corrected chi connectivity index (χ1v) is 4.45. The van der Waals surface area contributed by atoms with E-state index < -0.39 is 6.17 Å². The molecule has 1 unspecified atom stereocenters. The van der Waals surface area contributed by atoms with E-state index >= 15 is 0 Å². The Balaban J connectivity index is 2.28. The van der Waals surface area contributed by atoms with Gasteiger partial charge in [0.05, 0.1) is 0 Å². The van der Waals surface area contributed by atoms with Gasteiger partial charge in [0, 0.05) is 0 Å². The Morgan fingerprint density at radius 3 is 2.00 bits per heavy atom. The fraction of sp³-hybridized carbons (Fsp3) is 1.00. The molecule has 1 atom stereocenters. The first kappa shape index (κ1) is 8.03. The fourth-order valence-electron chi connectivity index (χ4n) is 1.77. The van der Waals surface area contributed by atoms with Crippen LogP contribution >= 0.6 is 0 Å². The second-order valence-electron chi connectivity index (χ2n) is 3.43. The molecule has 0 saturated heterocycles. The molecule has 0 heterocycles. The van der Waals surface area contributed by atoms with Gasteiger partial charge < -0.3 is 0 Å². The number of halogens is 1. The maximum atomic E-state index is 12.8. The van der Waals surface area contributed by atoms with Gasteiger partial charge in [-0.15, -0.1) is 0 Å². The van der Waals surface area contributed by atoms with Crippen LogP contribution in [0.25, 0.3) is 0 Å². The van der Waals surface area contributed by atoms with E-state index in [1.165, 1.54) is 25.7 Å². The highest BCUT2D eigenvalue weighted by molar-refractivity contribution is 4.68. The van der Waals surface area contributed by atoms with E-state index in [1.807, 2.05) is 0 Å². The van der Waals surface area contributed by atoms with Crippen molar-refractivity contribution in [2.45, 2.75) is 51.6 Å². The van der Waals surface area contributed by atoms with Gasteiger partial charge in [0.15, 0.2) is 0 Å². The quantitative estimate of drug-likeness (QED) is 0.495. The second kappa shape index (κ2) is 3.95. The molecule has 0 spiro atoms. The van der Waals surface area contributed by atoms with Crippen LogP contribution in [0.3, 0.4) is 0 Å². The number of hydrogen-bond acceptors (Lipinski definition) is 0. The van der Waals surface area contributed by atoms with Gasteiger partial charge in [-0.3, -0.25) is 0 Å². The molecule has 1 saturated carbocycles. The van der Waals surface area contributed by atoms with Crippen molar-refractivity contribution in [3.63, 3.8) is 0 Å². The Hall–Kier alpha value is -0.0700. The molecule has 1 aliphatic rings. The molecular formula is C9H17F. The van der Waals surface area contributed by atoms with Crippen LogP contribution < -0.4 is 0 Å². The molecule has 0 N–H and O–H groups in total. The molecule has 0 aromatic carbocycles. The van der Waals surface area contributed by atoms with E-state index in [4.69, 9.17) is 0 Å². The zero-order chi connectivity index (χ0) is 7.40. The topological polar surface area (TPSA) is 0 Å². The molecule has 0 aliphatic heterocycles. The molecule has 0 aromatic rings. The Labute approximate surface area is 62.8 Å². The SMILES string of the molecule is CC(F)C1CCCCCC1. The molecule has 0 radical (unpaired) electrons. The minimum atomic E-state index is -0.571. The Bertz CT molecular complexity index is 80.7. The summed E-state index contributed by atoms with van der Waals surface area (Å²) in [7, 11) is 0. The van der Waals surface area contributed by atoms with Crippen LogP contribution in [0.4, 0.5) is 4.39 Å². The van der Waals surface area contributed by atoms with E-state index in [0.717, 1.165) is 12.8 Å². The van der Waals surface area contributed by atoms with Gasteiger partial charge in [0.1, 0.15) is 6.17 Å². The average Bonchev–Trinajstić information content (AvgIpc) is 2.12. The summed E-state index contributed by atoms with van der Waals surface area (Å²) in [5.41, 5.74) is 0. The molecule has 0 nitrogen and oxygen atoms in total. The third-order valence-corrected chi connectivity index (χ3v) is 2.55. The molecular weight excluding hydrogens is 127 g/mol. The van der Waals surface area contributed by atoms with E-state index in [-0.39, 0.29) is 0 Å². The van der Waals surface area contributed by atoms with Gasteiger partial charge in [-0.2, -0.15) is 0 Å². The molecule has 1 aliphatic carbocycles. The summed E-state index contributed by atoms with van der Waals surface area (Å²) >= 11 is 0. The van der Waals surface area contributed by atoms with Crippen LogP contribution in [0.2, 0.25) is 0 Å². The fourth-order valence-corrected chi connectivity index (χ4v) is 1.77. The van der Waals surface area contributed by atoms with Crippen molar-refractivity contribution in [1.82, 2.24) is 0 Å². The Kier molecular flexibility index (Phi) is 3.17.